The highest BCUT2D eigenvalue weighted by Gasteiger charge is 2.18. The van der Waals surface area contributed by atoms with Gasteiger partial charge in [0.05, 0.1) is 18.1 Å². The maximum Gasteiger partial charge on any atom is 0.261 e. The van der Waals surface area contributed by atoms with Gasteiger partial charge in [-0.1, -0.05) is 0 Å². The van der Waals surface area contributed by atoms with E-state index in [1.54, 1.807) is 26.0 Å². The van der Waals surface area contributed by atoms with Crippen LogP contribution in [-0.4, -0.2) is 52.8 Å². The molecule has 1 heterocycles. The molecule has 2 rings (SSSR count). The molecule has 1 aromatic rings. The maximum atomic E-state index is 11.5. The molecule has 0 N–H and O–H groups in total. The van der Waals surface area contributed by atoms with Crippen molar-refractivity contribution in [3.8, 4) is 5.75 Å². The van der Waals surface area contributed by atoms with Crippen molar-refractivity contribution in [2.45, 2.75) is 18.7 Å². The van der Waals surface area contributed by atoms with Gasteiger partial charge in [-0.15, -0.1) is 0 Å². The van der Waals surface area contributed by atoms with Crippen LogP contribution in [0.5, 0.6) is 5.75 Å². The lowest BCUT2D eigenvalue weighted by Gasteiger charge is -2.26. The van der Waals surface area contributed by atoms with Crippen molar-refractivity contribution in [2.75, 3.05) is 39.5 Å². The number of nitrogens with zero attached hydrogens (tertiary/aromatic N) is 1. The zero-order valence-corrected chi connectivity index (χ0v) is 13.8. The number of morpholine rings is 1. The Balaban J connectivity index is 1.98. The molecule has 0 aromatic heterocycles. The fraction of sp³-hybridized carbons (Fsp3) is 0.571. The molecule has 118 valence electrons. The van der Waals surface area contributed by atoms with Gasteiger partial charge in [0.25, 0.3) is 9.05 Å². The summed E-state index contributed by atoms with van der Waals surface area (Å²) in [5.41, 5.74) is 1.21. The Kier molecular flexibility index (Phi) is 5.48. The van der Waals surface area contributed by atoms with Gasteiger partial charge in [0.2, 0.25) is 0 Å². The second-order valence-corrected chi connectivity index (χ2v) is 7.63. The molecule has 5 nitrogen and oxygen atoms in total. The summed E-state index contributed by atoms with van der Waals surface area (Å²) < 4.78 is 34.0. The van der Waals surface area contributed by atoms with Crippen LogP contribution in [0, 0.1) is 13.8 Å². The quantitative estimate of drug-likeness (QED) is 0.771. The lowest BCUT2D eigenvalue weighted by atomic mass is 10.1. The summed E-state index contributed by atoms with van der Waals surface area (Å²) >= 11 is 0. The standard InChI is InChI=1S/C14H20ClNO4S/c1-11-9-13(10-12(2)14(11)21(15,17)18)20-8-5-16-3-6-19-7-4-16/h9-10H,3-8H2,1-2H3. The van der Waals surface area contributed by atoms with Gasteiger partial charge in [0, 0.05) is 30.3 Å². The fourth-order valence-electron chi connectivity index (χ4n) is 2.50. The monoisotopic (exact) mass is 333 g/mol. The largest absolute Gasteiger partial charge is 0.492 e. The van der Waals surface area contributed by atoms with Crippen LogP contribution >= 0.6 is 10.7 Å². The highest BCUT2D eigenvalue weighted by Crippen LogP contribution is 2.28. The normalized spacial score (nSPS) is 16.9. The second kappa shape index (κ2) is 6.96. The van der Waals surface area contributed by atoms with Gasteiger partial charge in [-0.25, -0.2) is 8.42 Å². The molecule has 0 aliphatic carbocycles. The van der Waals surface area contributed by atoms with E-state index in [-0.39, 0.29) is 4.90 Å². The number of halogens is 1. The minimum atomic E-state index is -3.72. The molecule has 0 radical (unpaired) electrons. The molecule has 21 heavy (non-hydrogen) atoms. The van der Waals surface area contributed by atoms with Gasteiger partial charge in [-0.3, -0.25) is 4.90 Å². The first-order chi connectivity index (χ1) is 9.88. The molecule has 0 unspecified atom stereocenters. The van der Waals surface area contributed by atoms with Crippen LogP contribution in [0.15, 0.2) is 17.0 Å². The average Bonchev–Trinajstić information content (AvgIpc) is 2.37. The third-order valence-corrected chi connectivity index (χ3v) is 5.05. The minimum absolute atomic E-state index is 0.171. The molecule has 0 atom stereocenters. The number of ether oxygens (including phenoxy) is 2. The number of aryl methyl sites for hydroxylation is 2. The summed E-state index contributed by atoms with van der Waals surface area (Å²) in [4.78, 5) is 2.45. The van der Waals surface area contributed by atoms with Gasteiger partial charge in [-0.2, -0.15) is 0 Å². The van der Waals surface area contributed by atoms with Crippen molar-refractivity contribution in [1.82, 2.24) is 4.90 Å². The van der Waals surface area contributed by atoms with Gasteiger partial charge in [-0.05, 0) is 37.1 Å². The van der Waals surface area contributed by atoms with Gasteiger partial charge >= 0.3 is 0 Å². The predicted molar refractivity (Wildman–Crippen MR) is 81.7 cm³/mol. The van der Waals surface area contributed by atoms with E-state index < -0.39 is 9.05 Å². The molecule has 1 aliphatic rings. The number of hydrogen-bond acceptors (Lipinski definition) is 5. The Labute approximate surface area is 130 Å². The predicted octanol–water partition coefficient (Wildman–Crippen LogP) is 1.94. The molecule has 1 aliphatic heterocycles. The van der Waals surface area contributed by atoms with Crippen LogP contribution < -0.4 is 4.74 Å². The molecule has 1 saturated heterocycles. The molecule has 0 bridgehead atoms. The van der Waals surface area contributed by atoms with Gasteiger partial charge in [0.15, 0.2) is 0 Å². The first kappa shape index (κ1) is 16.5. The Morgan fingerprint density at radius 3 is 2.33 bits per heavy atom. The van der Waals surface area contributed by atoms with Crippen LogP contribution in [0.25, 0.3) is 0 Å². The summed E-state index contributed by atoms with van der Waals surface area (Å²) in [6.45, 7) is 8.20. The van der Waals surface area contributed by atoms with Gasteiger partial charge < -0.3 is 9.47 Å². The van der Waals surface area contributed by atoms with Crippen molar-refractivity contribution in [3.05, 3.63) is 23.3 Å². The summed E-state index contributed by atoms with van der Waals surface area (Å²) in [7, 11) is 1.72. The highest BCUT2D eigenvalue weighted by molar-refractivity contribution is 8.13. The van der Waals surface area contributed by atoms with E-state index in [1.807, 2.05) is 0 Å². The zero-order chi connectivity index (χ0) is 15.5. The third kappa shape index (κ3) is 4.57. The first-order valence-corrected chi connectivity index (χ1v) is 9.17. The Hall–Kier alpha value is -0.820. The molecule has 0 amide bonds. The van der Waals surface area contributed by atoms with E-state index in [0.29, 0.717) is 23.5 Å². The lowest BCUT2D eigenvalue weighted by molar-refractivity contribution is 0.0322. The molecular weight excluding hydrogens is 314 g/mol. The van der Waals surface area contributed by atoms with Crippen LogP contribution in [0.2, 0.25) is 0 Å². The summed E-state index contributed by atoms with van der Waals surface area (Å²) in [5, 5.41) is 0. The molecule has 1 fully saturated rings. The zero-order valence-electron chi connectivity index (χ0n) is 12.3. The van der Waals surface area contributed by atoms with E-state index in [1.165, 1.54) is 0 Å². The van der Waals surface area contributed by atoms with Crippen LogP contribution in [0.1, 0.15) is 11.1 Å². The van der Waals surface area contributed by atoms with Crippen LogP contribution in [0.4, 0.5) is 0 Å². The topological polar surface area (TPSA) is 55.8 Å². The van der Waals surface area contributed by atoms with Crippen molar-refractivity contribution in [1.29, 1.82) is 0 Å². The number of benzene rings is 1. The Morgan fingerprint density at radius 1 is 1.24 bits per heavy atom. The SMILES string of the molecule is Cc1cc(OCCN2CCOCC2)cc(C)c1S(=O)(=O)Cl. The Morgan fingerprint density at radius 2 is 1.81 bits per heavy atom. The smallest absolute Gasteiger partial charge is 0.261 e. The van der Waals surface area contributed by atoms with E-state index in [0.717, 1.165) is 32.8 Å². The van der Waals surface area contributed by atoms with E-state index >= 15 is 0 Å². The maximum absolute atomic E-state index is 11.5. The average molecular weight is 334 g/mol. The van der Waals surface area contributed by atoms with Crippen molar-refractivity contribution in [2.24, 2.45) is 0 Å². The van der Waals surface area contributed by atoms with Crippen LogP contribution in [-0.2, 0) is 13.8 Å². The van der Waals surface area contributed by atoms with Crippen molar-refractivity contribution >= 4 is 19.7 Å². The Bertz CT molecular complexity index is 574. The minimum Gasteiger partial charge on any atom is -0.492 e. The lowest BCUT2D eigenvalue weighted by Crippen LogP contribution is -2.38. The molecule has 1 aromatic carbocycles. The van der Waals surface area contributed by atoms with Crippen molar-refractivity contribution in [3.63, 3.8) is 0 Å². The van der Waals surface area contributed by atoms with E-state index in [9.17, 15) is 8.42 Å². The van der Waals surface area contributed by atoms with Crippen molar-refractivity contribution < 1.29 is 17.9 Å². The van der Waals surface area contributed by atoms with Gasteiger partial charge in [0.1, 0.15) is 12.4 Å². The first-order valence-electron chi connectivity index (χ1n) is 6.87. The molecular formula is C14H20ClNO4S. The van der Waals surface area contributed by atoms with E-state index in [4.69, 9.17) is 20.2 Å². The third-order valence-electron chi connectivity index (χ3n) is 3.46. The number of rotatable bonds is 5. The second-order valence-electron chi connectivity index (χ2n) is 5.13. The summed E-state index contributed by atoms with van der Waals surface area (Å²) in [6.07, 6.45) is 0. The fourth-order valence-corrected chi connectivity index (χ4v) is 4.11. The van der Waals surface area contributed by atoms with Crippen LogP contribution in [0.3, 0.4) is 0 Å². The highest BCUT2D eigenvalue weighted by atomic mass is 35.7. The molecule has 7 heteroatoms. The summed E-state index contributed by atoms with van der Waals surface area (Å²) in [6, 6.07) is 3.42. The summed E-state index contributed by atoms with van der Waals surface area (Å²) in [5.74, 6) is 0.669. The molecule has 0 saturated carbocycles. The van der Waals surface area contributed by atoms with E-state index in [2.05, 4.69) is 4.90 Å². The molecule has 0 spiro atoms. The number of hydrogen-bond donors (Lipinski definition) is 0.